The van der Waals surface area contributed by atoms with Crippen LogP contribution in [-0.2, 0) is 19.6 Å². The Labute approximate surface area is 172 Å². The first-order valence-electron chi connectivity index (χ1n) is 10.0. The number of pyridine rings is 1. The number of rotatable bonds is 9. The predicted molar refractivity (Wildman–Crippen MR) is 118 cm³/mol. The number of hydrogen-bond acceptors (Lipinski definition) is 3. The van der Waals surface area contributed by atoms with Crippen molar-refractivity contribution >= 4 is 5.96 Å². The van der Waals surface area contributed by atoms with E-state index in [2.05, 4.69) is 34.7 Å². The second-order valence-electron chi connectivity index (χ2n) is 6.56. The Morgan fingerprint density at radius 2 is 1.66 bits per heavy atom. The maximum atomic E-state index is 5.91. The van der Waals surface area contributed by atoms with E-state index in [0.717, 1.165) is 48.0 Å². The van der Waals surface area contributed by atoms with Crippen LogP contribution in [0, 0.1) is 0 Å². The molecule has 0 atom stereocenters. The Hall–Kier alpha value is -3.34. The van der Waals surface area contributed by atoms with Crippen LogP contribution in [0.1, 0.15) is 23.7 Å². The average Bonchev–Trinajstić information content (AvgIpc) is 2.78. The lowest BCUT2D eigenvalue weighted by molar-refractivity contribution is 0.305. The molecule has 0 aliphatic rings. The van der Waals surface area contributed by atoms with Gasteiger partial charge >= 0.3 is 0 Å². The monoisotopic (exact) mass is 388 g/mol. The van der Waals surface area contributed by atoms with E-state index in [1.807, 2.05) is 66.9 Å². The number of aromatic nitrogens is 1. The van der Waals surface area contributed by atoms with E-state index >= 15 is 0 Å². The molecule has 0 spiro atoms. The first-order chi connectivity index (χ1) is 14.3. The van der Waals surface area contributed by atoms with Gasteiger partial charge in [0, 0.05) is 31.4 Å². The minimum Gasteiger partial charge on any atom is -0.489 e. The molecule has 0 saturated heterocycles. The summed E-state index contributed by atoms with van der Waals surface area (Å²) in [6, 6.07) is 24.1. The standard InChI is InChI=1S/C24H28N4O/c1-2-25-24(27-17-15-22-12-8-9-16-26-22)28-18-20-10-6-7-11-21(20)19-29-23-13-4-3-5-14-23/h3-14,16H,2,15,17-19H2,1H3,(H2,25,27,28). The van der Waals surface area contributed by atoms with E-state index < -0.39 is 0 Å². The lowest BCUT2D eigenvalue weighted by Gasteiger charge is -2.13. The second kappa shape index (κ2) is 11.5. The fourth-order valence-electron chi connectivity index (χ4n) is 2.89. The highest BCUT2D eigenvalue weighted by atomic mass is 16.5. The van der Waals surface area contributed by atoms with Crippen molar-refractivity contribution in [3.63, 3.8) is 0 Å². The van der Waals surface area contributed by atoms with E-state index in [0.29, 0.717) is 13.2 Å². The van der Waals surface area contributed by atoms with Gasteiger partial charge in [0.15, 0.2) is 5.96 Å². The molecular weight excluding hydrogens is 360 g/mol. The van der Waals surface area contributed by atoms with Crippen LogP contribution in [0.5, 0.6) is 5.75 Å². The predicted octanol–water partition coefficient (Wildman–Crippen LogP) is 3.96. The molecule has 0 radical (unpaired) electrons. The van der Waals surface area contributed by atoms with Crippen molar-refractivity contribution in [2.24, 2.45) is 4.99 Å². The van der Waals surface area contributed by atoms with Crippen LogP contribution in [0.3, 0.4) is 0 Å². The molecule has 0 unspecified atom stereocenters. The average molecular weight is 389 g/mol. The van der Waals surface area contributed by atoms with Crippen molar-refractivity contribution in [2.45, 2.75) is 26.5 Å². The van der Waals surface area contributed by atoms with Crippen LogP contribution in [0.4, 0.5) is 0 Å². The molecule has 2 N–H and O–H groups in total. The van der Waals surface area contributed by atoms with Gasteiger partial charge in [0.25, 0.3) is 0 Å². The fraction of sp³-hybridized carbons (Fsp3) is 0.250. The molecule has 1 heterocycles. The molecule has 2 aromatic carbocycles. The summed E-state index contributed by atoms with van der Waals surface area (Å²) in [5.74, 6) is 1.68. The molecule has 0 aliphatic carbocycles. The summed E-state index contributed by atoms with van der Waals surface area (Å²) >= 11 is 0. The molecule has 5 heteroatoms. The molecule has 0 bridgehead atoms. The van der Waals surface area contributed by atoms with E-state index in [1.54, 1.807) is 0 Å². The van der Waals surface area contributed by atoms with Crippen LogP contribution in [0.25, 0.3) is 0 Å². The third-order valence-electron chi connectivity index (χ3n) is 4.41. The molecule has 150 valence electrons. The van der Waals surface area contributed by atoms with Gasteiger partial charge < -0.3 is 15.4 Å². The van der Waals surface area contributed by atoms with Crippen LogP contribution in [-0.4, -0.2) is 24.0 Å². The van der Waals surface area contributed by atoms with Gasteiger partial charge in [0.05, 0.1) is 6.54 Å². The second-order valence-corrected chi connectivity index (χ2v) is 6.56. The molecule has 0 saturated carbocycles. The number of ether oxygens (including phenoxy) is 1. The van der Waals surface area contributed by atoms with Gasteiger partial charge in [-0.25, -0.2) is 4.99 Å². The van der Waals surface area contributed by atoms with Crippen molar-refractivity contribution in [3.05, 3.63) is 95.8 Å². The molecule has 0 aliphatic heterocycles. The number of aliphatic imine (C=N–C) groups is 1. The largest absolute Gasteiger partial charge is 0.489 e. The zero-order valence-electron chi connectivity index (χ0n) is 16.8. The molecular formula is C24H28N4O. The number of para-hydroxylation sites is 1. The fourth-order valence-corrected chi connectivity index (χ4v) is 2.89. The third kappa shape index (κ3) is 6.96. The third-order valence-corrected chi connectivity index (χ3v) is 4.41. The van der Waals surface area contributed by atoms with E-state index in [1.165, 1.54) is 0 Å². The summed E-state index contributed by atoms with van der Waals surface area (Å²) in [6.07, 6.45) is 2.68. The number of nitrogens with zero attached hydrogens (tertiary/aromatic N) is 2. The minimum absolute atomic E-state index is 0.527. The number of hydrogen-bond donors (Lipinski definition) is 2. The van der Waals surface area contributed by atoms with E-state index in [9.17, 15) is 0 Å². The molecule has 5 nitrogen and oxygen atoms in total. The highest BCUT2D eigenvalue weighted by molar-refractivity contribution is 5.79. The van der Waals surface area contributed by atoms with Crippen molar-refractivity contribution in [1.82, 2.24) is 15.6 Å². The zero-order chi connectivity index (χ0) is 20.2. The van der Waals surface area contributed by atoms with Crippen molar-refractivity contribution in [3.8, 4) is 5.75 Å². The summed E-state index contributed by atoms with van der Waals surface area (Å²) < 4.78 is 5.91. The highest BCUT2D eigenvalue weighted by Crippen LogP contribution is 2.15. The summed E-state index contributed by atoms with van der Waals surface area (Å²) in [5, 5.41) is 6.69. The van der Waals surface area contributed by atoms with Crippen LogP contribution >= 0.6 is 0 Å². The van der Waals surface area contributed by atoms with Gasteiger partial charge in [-0.05, 0) is 42.3 Å². The van der Waals surface area contributed by atoms with Gasteiger partial charge in [0.1, 0.15) is 12.4 Å². The summed E-state index contributed by atoms with van der Waals surface area (Å²) in [7, 11) is 0. The lowest BCUT2D eigenvalue weighted by Crippen LogP contribution is -2.38. The number of nitrogens with one attached hydrogen (secondary N) is 2. The van der Waals surface area contributed by atoms with Crippen LogP contribution in [0.2, 0.25) is 0 Å². The van der Waals surface area contributed by atoms with E-state index in [-0.39, 0.29) is 0 Å². The van der Waals surface area contributed by atoms with Crippen LogP contribution < -0.4 is 15.4 Å². The SMILES string of the molecule is CCNC(=NCc1ccccc1COc1ccccc1)NCCc1ccccn1. The van der Waals surface area contributed by atoms with Crippen LogP contribution in [0.15, 0.2) is 84.0 Å². The van der Waals surface area contributed by atoms with Crippen molar-refractivity contribution in [1.29, 1.82) is 0 Å². The van der Waals surface area contributed by atoms with Gasteiger partial charge in [-0.1, -0.05) is 48.5 Å². The van der Waals surface area contributed by atoms with Crippen molar-refractivity contribution < 1.29 is 4.74 Å². The van der Waals surface area contributed by atoms with Gasteiger partial charge in [-0.15, -0.1) is 0 Å². The Balaban J connectivity index is 1.58. The molecule has 29 heavy (non-hydrogen) atoms. The maximum absolute atomic E-state index is 5.91. The van der Waals surface area contributed by atoms with Gasteiger partial charge in [-0.2, -0.15) is 0 Å². The minimum atomic E-state index is 0.527. The Morgan fingerprint density at radius 3 is 2.41 bits per heavy atom. The number of guanidine groups is 1. The Kier molecular flexibility index (Phi) is 8.08. The Bertz CT molecular complexity index is 882. The van der Waals surface area contributed by atoms with Gasteiger partial charge in [-0.3, -0.25) is 4.98 Å². The smallest absolute Gasteiger partial charge is 0.191 e. The zero-order valence-corrected chi connectivity index (χ0v) is 16.8. The Morgan fingerprint density at radius 1 is 0.897 bits per heavy atom. The maximum Gasteiger partial charge on any atom is 0.191 e. The van der Waals surface area contributed by atoms with Crippen molar-refractivity contribution in [2.75, 3.05) is 13.1 Å². The molecule has 0 amide bonds. The first-order valence-corrected chi connectivity index (χ1v) is 10.0. The molecule has 3 rings (SSSR count). The topological polar surface area (TPSA) is 58.5 Å². The summed E-state index contributed by atoms with van der Waals surface area (Å²) in [4.78, 5) is 9.11. The van der Waals surface area contributed by atoms with Gasteiger partial charge in [0.2, 0.25) is 0 Å². The molecule has 3 aromatic rings. The lowest BCUT2D eigenvalue weighted by atomic mass is 10.1. The summed E-state index contributed by atoms with van der Waals surface area (Å²) in [6.45, 7) is 4.78. The first kappa shape index (κ1) is 20.4. The summed E-state index contributed by atoms with van der Waals surface area (Å²) in [5.41, 5.74) is 3.37. The number of benzene rings is 2. The molecule has 1 aromatic heterocycles. The normalized spacial score (nSPS) is 11.1. The molecule has 0 fully saturated rings. The van der Waals surface area contributed by atoms with E-state index in [4.69, 9.17) is 9.73 Å². The highest BCUT2D eigenvalue weighted by Gasteiger charge is 2.04. The quantitative estimate of drug-likeness (QED) is 0.430.